The van der Waals surface area contributed by atoms with Crippen molar-refractivity contribution in [3.63, 3.8) is 0 Å². The van der Waals surface area contributed by atoms with Gasteiger partial charge in [-0.15, -0.1) is 0 Å². The summed E-state index contributed by atoms with van der Waals surface area (Å²) < 4.78 is 23.1. The summed E-state index contributed by atoms with van der Waals surface area (Å²) in [5.74, 6) is 0.513. The monoisotopic (exact) mass is 283 g/mol. The topological polar surface area (TPSA) is 76.3 Å². The maximum Gasteiger partial charge on any atom is 0.152 e. The summed E-state index contributed by atoms with van der Waals surface area (Å²) in [5, 5.41) is 0. The fourth-order valence-electron chi connectivity index (χ4n) is 2.21. The van der Waals surface area contributed by atoms with Crippen LogP contribution >= 0.6 is 0 Å². The van der Waals surface area contributed by atoms with Crippen LogP contribution in [-0.2, 0) is 9.84 Å². The Morgan fingerprint density at radius 3 is 2.79 bits per heavy atom. The molecule has 2 heterocycles. The SMILES string of the molecule is CCC(N)c1ccc(N2CCCS(=O)(=O)CC2)cn1. The van der Waals surface area contributed by atoms with E-state index in [-0.39, 0.29) is 17.5 Å². The minimum Gasteiger partial charge on any atom is -0.369 e. The maximum absolute atomic E-state index is 11.6. The second-order valence-corrected chi connectivity index (χ2v) is 7.25. The Kier molecular flexibility index (Phi) is 4.42. The van der Waals surface area contributed by atoms with Gasteiger partial charge in [-0.1, -0.05) is 6.92 Å². The van der Waals surface area contributed by atoms with Crippen molar-refractivity contribution in [2.24, 2.45) is 5.73 Å². The minimum absolute atomic E-state index is 0.0291. The second-order valence-electron chi connectivity index (χ2n) is 4.95. The number of hydrogen-bond donors (Lipinski definition) is 1. The lowest BCUT2D eigenvalue weighted by Gasteiger charge is -2.22. The van der Waals surface area contributed by atoms with Gasteiger partial charge in [0, 0.05) is 19.1 Å². The summed E-state index contributed by atoms with van der Waals surface area (Å²) in [6, 6.07) is 3.89. The van der Waals surface area contributed by atoms with Crippen LogP contribution in [0.3, 0.4) is 0 Å². The predicted octanol–water partition coefficient (Wildman–Crippen LogP) is 1.12. The molecule has 19 heavy (non-hydrogen) atoms. The van der Waals surface area contributed by atoms with Gasteiger partial charge in [-0.05, 0) is 25.0 Å². The lowest BCUT2D eigenvalue weighted by molar-refractivity contribution is 0.597. The van der Waals surface area contributed by atoms with Crippen molar-refractivity contribution < 1.29 is 8.42 Å². The summed E-state index contributed by atoms with van der Waals surface area (Å²) in [6.45, 7) is 3.34. The van der Waals surface area contributed by atoms with Crippen LogP contribution in [-0.4, -0.2) is 38.0 Å². The van der Waals surface area contributed by atoms with E-state index in [0.29, 0.717) is 13.0 Å². The van der Waals surface area contributed by atoms with Gasteiger partial charge in [0.15, 0.2) is 9.84 Å². The van der Waals surface area contributed by atoms with Gasteiger partial charge in [-0.3, -0.25) is 4.98 Å². The molecular formula is C13H21N3O2S. The van der Waals surface area contributed by atoms with E-state index < -0.39 is 9.84 Å². The van der Waals surface area contributed by atoms with E-state index in [0.717, 1.165) is 24.3 Å². The first-order valence-corrected chi connectivity index (χ1v) is 8.51. The van der Waals surface area contributed by atoms with E-state index >= 15 is 0 Å². The number of rotatable bonds is 3. The summed E-state index contributed by atoms with van der Waals surface area (Å²) in [7, 11) is -2.87. The number of hydrogen-bond acceptors (Lipinski definition) is 5. The Balaban J connectivity index is 2.10. The highest BCUT2D eigenvalue weighted by Crippen LogP contribution is 2.19. The second kappa shape index (κ2) is 5.88. The number of aromatic nitrogens is 1. The molecule has 0 saturated carbocycles. The van der Waals surface area contributed by atoms with E-state index in [9.17, 15) is 8.42 Å². The Morgan fingerprint density at radius 1 is 1.37 bits per heavy atom. The molecule has 5 nitrogen and oxygen atoms in total. The van der Waals surface area contributed by atoms with Crippen LogP contribution in [0.1, 0.15) is 31.5 Å². The normalized spacial score (nSPS) is 20.8. The van der Waals surface area contributed by atoms with Gasteiger partial charge in [0.25, 0.3) is 0 Å². The largest absolute Gasteiger partial charge is 0.369 e. The van der Waals surface area contributed by atoms with Gasteiger partial charge < -0.3 is 10.6 Å². The van der Waals surface area contributed by atoms with E-state index in [1.165, 1.54) is 0 Å². The van der Waals surface area contributed by atoms with Gasteiger partial charge >= 0.3 is 0 Å². The molecule has 0 spiro atoms. The molecule has 1 aliphatic heterocycles. The van der Waals surface area contributed by atoms with Crippen molar-refractivity contribution in [1.29, 1.82) is 0 Å². The quantitative estimate of drug-likeness (QED) is 0.899. The highest BCUT2D eigenvalue weighted by molar-refractivity contribution is 7.91. The van der Waals surface area contributed by atoms with Gasteiger partial charge in [-0.2, -0.15) is 0 Å². The van der Waals surface area contributed by atoms with Gasteiger partial charge in [0.2, 0.25) is 0 Å². The fraction of sp³-hybridized carbons (Fsp3) is 0.615. The predicted molar refractivity (Wildman–Crippen MR) is 76.9 cm³/mol. The number of pyridine rings is 1. The minimum atomic E-state index is -2.87. The molecule has 1 atom stereocenters. The molecular weight excluding hydrogens is 262 g/mol. The van der Waals surface area contributed by atoms with Crippen molar-refractivity contribution in [2.75, 3.05) is 29.5 Å². The molecule has 1 aliphatic rings. The number of anilines is 1. The summed E-state index contributed by atoms with van der Waals surface area (Å²) in [5.41, 5.74) is 7.79. The Morgan fingerprint density at radius 2 is 2.16 bits per heavy atom. The third kappa shape index (κ3) is 3.67. The third-order valence-corrected chi connectivity index (χ3v) is 5.23. The van der Waals surface area contributed by atoms with Crippen molar-refractivity contribution in [3.8, 4) is 0 Å². The van der Waals surface area contributed by atoms with Crippen LogP contribution in [0.5, 0.6) is 0 Å². The molecule has 1 fully saturated rings. The Hall–Kier alpha value is -1.14. The fourth-order valence-corrected chi connectivity index (χ4v) is 3.48. The molecule has 2 N–H and O–H groups in total. The molecule has 1 aromatic rings. The van der Waals surface area contributed by atoms with E-state index in [1.807, 2.05) is 19.1 Å². The maximum atomic E-state index is 11.6. The van der Waals surface area contributed by atoms with E-state index in [2.05, 4.69) is 9.88 Å². The van der Waals surface area contributed by atoms with Crippen LogP contribution in [0.15, 0.2) is 18.3 Å². The van der Waals surface area contributed by atoms with Gasteiger partial charge in [-0.25, -0.2) is 8.42 Å². The zero-order chi connectivity index (χ0) is 13.9. The number of nitrogens with two attached hydrogens (primary N) is 1. The average Bonchev–Trinajstić information content (AvgIpc) is 2.59. The van der Waals surface area contributed by atoms with E-state index in [4.69, 9.17) is 5.73 Å². The van der Waals surface area contributed by atoms with Crippen molar-refractivity contribution in [3.05, 3.63) is 24.0 Å². The first-order valence-electron chi connectivity index (χ1n) is 6.69. The average molecular weight is 283 g/mol. The number of sulfone groups is 1. The van der Waals surface area contributed by atoms with E-state index in [1.54, 1.807) is 6.20 Å². The summed E-state index contributed by atoms with van der Waals surface area (Å²) in [6.07, 6.45) is 3.33. The van der Waals surface area contributed by atoms with Crippen molar-refractivity contribution in [2.45, 2.75) is 25.8 Å². The molecule has 0 aliphatic carbocycles. The Labute approximate surface area is 114 Å². The molecule has 1 aromatic heterocycles. The molecule has 1 saturated heterocycles. The molecule has 2 rings (SSSR count). The lowest BCUT2D eigenvalue weighted by atomic mass is 10.1. The standard InChI is InChI=1S/C13H21N3O2S/c1-2-12(14)13-5-4-11(10-15-13)16-6-3-8-19(17,18)9-7-16/h4-5,10,12H,2-3,6-9,14H2,1H3. The molecule has 106 valence electrons. The van der Waals surface area contributed by atoms with Crippen molar-refractivity contribution in [1.82, 2.24) is 4.98 Å². The van der Waals surface area contributed by atoms with Crippen LogP contribution in [0.4, 0.5) is 5.69 Å². The number of nitrogens with zero attached hydrogens (tertiary/aromatic N) is 2. The van der Waals surface area contributed by atoms with Gasteiger partial charge in [0.1, 0.15) is 0 Å². The first kappa shape index (κ1) is 14.3. The highest BCUT2D eigenvalue weighted by Gasteiger charge is 2.19. The summed E-state index contributed by atoms with van der Waals surface area (Å²) >= 11 is 0. The van der Waals surface area contributed by atoms with Crippen molar-refractivity contribution >= 4 is 15.5 Å². The van der Waals surface area contributed by atoms with Crippen LogP contribution in [0.25, 0.3) is 0 Å². The molecule has 0 amide bonds. The smallest absolute Gasteiger partial charge is 0.152 e. The van der Waals surface area contributed by atoms with Crippen LogP contribution in [0.2, 0.25) is 0 Å². The van der Waals surface area contributed by atoms with Gasteiger partial charge in [0.05, 0.1) is 29.1 Å². The first-order chi connectivity index (χ1) is 9.02. The van der Waals surface area contributed by atoms with Crippen LogP contribution < -0.4 is 10.6 Å². The summed E-state index contributed by atoms with van der Waals surface area (Å²) in [4.78, 5) is 6.46. The highest BCUT2D eigenvalue weighted by atomic mass is 32.2. The lowest BCUT2D eigenvalue weighted by Crippen LogP contribution is -2.27. The zero-order valence-corrected chi connectivity index (χ0v) is 12.1. The third-order valence-electron chi connectivity index (χ3n) is 3.51. The molecule has 1 unspecified atom stereocenters. The molecule has 0 bridgehead atoms. The molecule has 0 radical (unpaired) electrons. The Bertz CT molecular complexity index is 513. The van der Waals surface area contributed by atoms with Crippen LogP contribution in [0, 0.1) is 0 Å². The zero-order valence-electron chi connectivity index (χ0n) is 11.2. The molecule has 6 heteroatoms. The molecule has 0 aromatic carbocycles.